The average molecular weight is 534 g/mol. The van der Waals surface area contributed by atoms with Crippen LogP contribution in [0.25, 0.3) is 22.3 Å². The molecule has 0 saturated carbocycles. The number of carbonyl (C=O) groups is 2. The summed E-state index contributed by atoms with van der Waals surface area (Å²) in [6.07, 6.45) is -9.39. The Balaban J connectivity index is 1.60. The Morgan fingerprint density at radius 2 is 1.63 bits per heavy atom. The van der Waals surface area contributed by atoms with Crippen LogP contribution in [0, 0.1) is 0 Å². The van der Waals surface area contributed by atoms with Crippen molar-refractivity contribution < 1.29 is 64.0 Å². The molecule has 2 heterocycles. The third kappa shape index (κ3) is 5.47. The van der Waals surface area contributed by atoms with Gasteiger partial charge in [-0.05, 0) is 18.2 Å². The molecule has 3 aromatic rings. The third-order valence-corrected chi connectivity index (χ3v) is 5.67. The minimum atomic E-state index is -1.82. The Morgan fingerprint density at radius 1 is 0.895 bits per heavy atom. The Labute approximate surface area is 212 Å². The second-order valence-electron chi connectivity index (χ2n) is 8.38. The van der Waals surface area contributed by atoms with Crippen molar-refractivity contribution in [2.24, 2.45) is 0 Å². The first-order valence-electron chi connectivity index (χ1n) is 11.0. The molecule has 0 amide bonds. The molecule has 1 aliphatic rings. The maximum atomic E-state index is 12.6. The summed E-state index contributed by atoms with van der Waals surface area (Å²) in [5.41, 5.74) is -0.581. The summed E-state index contributed by atoms with van der Waals surface area (Å²) < 4.78 is 21.3. The number of ether oxygens (including phenoxy) is 3. The number of rotatable bonds is 7. The monoisotopic (exact) mass is 534 g/mol. The Kier molecular flexibility index (Phi) is 7.41. The van der Waals surface area contributed by atoms with Crippen LogP contribution in [-0.2, 0) is 19.1 Å². The number of carbonyl (C=O) groups excluding carboxylic acids is 1. The highest BCUT2D eigenvalue weighted by Crippen LogP contribution is 2.35. The van der Waals surface area contributed by atoms with E-state index in [-0.39, 0.29) is 28.0 Å². The van der Waals surface area contributed by atoms with Crippen molar-refractivity contribution in [3.05, 3.63) is 46.6 Å². The molecule has 5 atom stereocenters. The maximum Gasteiger partial charge on any atom is 0.317 e. The summed E-state index contributed by atoms with van der Waals surface area (Å²) in [5, 5.41) is 68.8. The van der Waals surface area contributed by atoms with Gasteiger partial charge >= 0.3 is 11.9 Å². The number of phenols is 3. The molecule has 0 spiro atoms. The SMILES string of the molecule is O=C(O)CC(=O)OC[C@H]1O[C@@H](Oc2cc(O)c3c(=O)cc(-c4ccc(O)c(O)c4)oc3c2)[C@@H](O)[C@@H](O)[C@@H]1O. The van der Waals surface area contributed by atoms with Gasteiger partial charge in [0, 0.05) is 23.8 Å². The van der Waals surface area contributed by atoms with Crippen LogP contribution in [0.4, 0.5) is 0 Å². The molecule has 2 aromatic carbocycles. The third-order valence-electron chi connectivity index (χ3n) is 5.67. The number of esters is 1. The number of aliphatic hydroxyl groups is 3. The van der Waals surface area contributed by atoms with Crippen LogP contribution in [0.3, 0.4) is 0 Å². The lowest BCUT2D eigenvalue weighted by Crippen LogP contribution is -2.60. The zero-order valence-corrected chi connectivity index (χ0v) is 19.3. The Bertz CT molecular complexity index is 1430. The molecule has 38 heavy (non-hydrogen) atoms. The molecule has 7 N–H and O–H groups in total. The van der Waals surface area contributed by atoms with Crippen molar-refractivity contribution in [2.75, 3.05) is 6.61 Å². The number of phenolic OH excluding ortho intramolecular Hbond substituents is 3. The van der Waals surface area contributed by atoms with E-state index in [4.69, 9.17) is 23.7 Å². The van der Waals surface area contributed by atoms with E-state index in [1.807, 2.05) is 0 Å². The number of hydrogen-bond acceptors (Lipinski definition) is 13. The van der Waals surface area contributed by atoms with Gasteiger partial charge in [-0.25, -0.2) is 0 Å². The highest BCUT2D eigenvalue weighted by atomic mass is 16.7. The smallest absolute Gasteiger partial charge is 0.317 e. The summed E-state index contributed by atoms with van der Waals surface area (Å²) in [4.78, 5) is 34.7. The summed E-state index contributed by atoms with van der Waals surface area (Å²) in [6.45, 7) is -0.669. The number of hydrogen-bond donors (Lipinski definition) is 7. The molecular weight excluding hydrogens is 512 g/mol. The van der Waals surface area contributed by atoms with Gasteiger partial charge in [0.25, 0.3) is 0 Å². The molecule has 4 rings (SSSR count). The van der Waals surface area contributed by atoms with Crippen molar-refractivity contribution >= 4 is 22.9 Å². The predicted molar refractivity (Wildman–Crippen MR) is 123 cm³/mol. The first-order valence-corrected chi connectivity index (χ1v) is 11.0. The zero-order valence-electron chi connectivity index (χ0n) is 19.3. The van der Waals surface area contributed by atoms with Gasteiger partial charge in [0.15, 0.2) is 16.9 Å². The lowest BCUT2D eigenvalue weighted by molar-refractivity contribution is -0.278. The molecule has 0 bridgehead atoms. The maximum absolute atomic E-state index is 12.6. The predicted octanol–water partition coefficient (Wildman–Crippen LogP) is -0.219. The van der Waals surface area contributed by atoms with E-state index in [0.717, 1.165) is 18.2 Å². The summed E-state index contributed by atoms with van der Waals surface area (Å²) in [6, 6.07) is 6.97. The van der Waals surface area contributed by atoms with Crippen LogP contribution in [-0.4, -0.2) is 85.0 Å². The van der Waals surface area contributed by atoms with Crippen molar-refractivity contribution in [2.45, 2.75) is 37.1 Å². The number of benzene rings is 2. The second-order valence-corrected chi connectivity index (χ2v) is 8.38. The largest absolute Gasteiger partial charge is 0.507 e. The topological polar surface area (TPSA) is 234 Å². The van der Waals surface area contributed by atoms with E-state index in [2.05, 4.69) is 0 Å². The van der Waals surface area contributed by atoms with Crippen LogP contribution < -0.4 is 10.2 Å². The fraction of sp³-hybridized carbons (Fsp3) is 0.292. The van der Waals surface area contributed by atoms with Gasteiger partial charge in [-0.1, -0.05) is 0 Å². The highest BCUT2D eigenvalue weighted by Gasteiger charge is 2.45. The Morgan fingerprint density at radius 3 is 2.32 bits per heavy atom. The molecule has 14 nitrogen and oxygen atoms in total. The van der Waals surface area contributed by atoms with Crippen molar-refractivity contribution in [3.63, 3.8) is 0 Å². The molecule has 1 fully saturated rings. The van der Waals surface area contributed by atoms with Gasteiger partial charge < -0.3 is 54.4 Å². The lowest BCUT2D eigenvalue weighted by atomic mass is 9.99. The van der Waals surface area contributed by atoms with E-state index in [1.165, 1.54) is 18.2 Å². The summed E-state index contributed by atoms with van der Waals surface area (Å²) in [5.74, 6) is -4.20. The minimum Gasteiger partial charge on any atom is -0.507 e. The van der Waals surface area contributed by atoms with E-state index >= 15 is 0 Å². The van der Waals surface area contributed by atoms with Crippen LogP contribution in [0.1, 0.15) is 6.42 Å². The van der Waals surface area contributed by atoms with Crippen LogP contribution in [0.15, 0.2) is 45.6 Å². The van der Waals surface area contributed by atoms with E-state index in [1.54, 1.807) is 0 Å². The van der Waals surface area contributed by atoms with Gasteiger partial charge in [-0.2, -0.15) is 0 Å². The van der Waals surface area contributed by atoms with Gasteiger partial charge in [-0.15, -0.1) is 0 Å². The molecule has 14 heteroatoms. The average Bonchev–Trinajstić information content (AvgIpc) is 2.84. The fourth-order valence-corrected chi connectivity index (χ4v) is 3.77. The molecule has 0 unspecified atom stereocenters. The van der Waals surface area contributed by atoms with Gasteiger partial charge in [0.1, 0.15) is 65.7 Å². The number of carboxylic acids is 1. The van der Waals surface area contributed by atoms with Gasteiger partial charge in [0.05, 0.1) is 0 Å². The Hall–Kier alpha value is -4.37. The fourth-order valence-electron chi connectivity index (χ4n) is 3.77. The number of aliphatic carboxylic acids is 1. The molecule has 1 aromatic heterocycles. The van der Waals surface area contributed by atoms with Crippen molar-refractivity contribution in [1.29, 1.82) is 0 Å². The first-order chi connectivity index (χ1) is 17.9. The van der Waals surface area contributed by atoms with E-state index in [0.29, 0.717) is 0 Å². The zero-order chi connectivity index (χ0) is 27.7. The minimum absolute atomic E-state index is 0.0231. The van der Waals surface area contributed by atoms with E-state index < -0.39 is 78.3 Å². The molecule has 1 saturated heterocycles. The summed E-state index contributed by atoms with van der Waals surface area (Å²) >= 11 is 0. The lowest BCUT2D eigenvalue weighted by Gasteiger charge is -2.39. The first kappa shape index (κ1) is 26.7. The number of aromatic hydroxyl groups is 3. The normalized spacial score (nSPS) is 23.2. The van der Waals surface area contributed by atoms with Gasteiger partial charge in [0.2, 0.25) is 6.29 Å². The number of aliphatic hydroxyl groups excluding tert-OH is 3. The summed E-state index contributed by atoms with van der Waals surface area (Å²) in [7, 11) is 0. The highest BCUT2D eigenvalue weighted by molar-refractivity contribution is 5.90. The molecule has 202 valence electrons. The molecule has 0 radical (unpaired) electrons. The second kappa shape index (κ2) is 10.5. The van der Waals surface area contributed by atoms with E-state index in [9.17, 15) is 45.0 Å². The molecular formula is C24H22O14. The number of fused-ring (bicyclic) bond motifs is 1. The standard InChI is InChI=1S/C24H22O14/c25-11-2-1-9(3-12(11)26)15-6-14(28)20-13(27)4-10(5-16(20)37-15)36-24-23(34)22(33)21(32)17(38-24)8-35-19(31)7-18(29)30/h1-6,17,21-27,32-34H,7-8H2,(H,29,30)/t17-,21-,22+,23+,24-/m1/s1. The van der Waals surface area contributed by atoms with Crippen molar-refractivity contribution in [1.82, 2.24) is 0 Å². The van der Waals surface area contributed by atoms with Crippen LogP contribution >= 0.6 is 0 Å². The van der Waals surface area contributed by atoms with Gasteiger partial charge in [-0.3, -0.25) is 14.4 Å². The van der Waals surface area contributed by atoms with Crippen LogP contribution in [0.5, 0.6) is 23.0 Å². The number of carboxylic acid groups (broad SMARTS) is 1. The quantitative estimate of drug-likeness (QED) is 0.118. The van der Waals surface area contributed by atoms with Crippen LogP contribution in [0.2, 0.25) is 0 Å². The van der Waals surface area contributed by atoms with Crippen molar-refractivity contribution in [3.8, 4) is 34.3 Å². The molecule has 0 aliphatic carbocycles. The molecule has 1 aliphatic heterocycles.